The lowest BCUT2D eigenvalue weighted by Crippen LogP contribution is -2.44. The summed E-state index contributed by atoms with van der Waals surface area (Å²) in [5.41, 5.74) is 0. The van der Waals surface area contributed by atoms with Gasteiger partial charge in [-0.25, -0.2) is 13.1 Å². The maximum absolute atomic E-state index is 11.4. The number of carboxylic acids is 1. The minimum Gasteiger partial charge on any atom is -0.481 e. The zero-order valence-electron chi connectivity index (χ0n) is 8.77. The minimum atomic E-state index is -3.27. The van der Waals surface area contributed by atoms with Crippen LogP contribution in [-0.4, -0.2) is 31.3 Å². The van der Waals surface area contributed by atoms with Crippen LogP contribution >= 0.6 is 0 Å². The zero-order chi connectivity index (χ0) is 11.5. The molecule has 0 unspecified atom stereocenters. The number of sulfonamides is 1. The number of carbonyl (C=O) groups is 1. The van der Waals surface area contributed by atoms with Gasteiger partial charge in [-0.05, 0) is 25.2 Å². The summed E-state index contributed by atoms with van der Waals surface area (Å²) >= 11 is 0. The molecule has 1 saturated carbocycles. The van der Waals surface area contributed by atoms with Crippen molar-refractivity contribution in [2.75, 3.05) is 5.75 Å². The molecule has 1 aliphatic rings. The van der Waals surface area contributed by atoms with Gasteiger partial charge in [-0.1, -0.05) is 6.92 Å². The first kappa shape index (κ1) is 12.4. The fraction of sp³-hybridized carbons (Fsp3) is 0.889. The van der Waals surface area contributed by atoms with E-state index >= 15 is 0 Å². The molecular weight excluding hydrogens is 218 g/mol. The maximum atomic E-state index is 11.4. The number of hydrogen-bond acceptors (Lipinski definition) is 3. The smallest absolute Gasteiger partial charge is 0.303 e. The fourth-order valence-electron chi connectivity index (χ4n) is 1.72. The molecule has 0 aromatic heterocycles. The van der Waals surface area contributed by atoms with Crippen LogP contribution in [0.2, 0.25) is 0 Å². The van der Waals surface area contributed by atoms with E-state index in [-0.39, 0.29) is 24.6 Å². The Morgan fingerprint density at radius 3 is 2.53 bits per heavy atom. The monoisotopic (exact) mass is 235 g/mol. The summed E-state index contributed by atoms with van der Waals surface area (Å²) in [6.07, 6.45) is 1.85. The molecule has 15 heavy (non-hydrogen) atoms. The Labute approximate surface area is 89.9 Å². The summed E-state index contributed by atoms with van der Waals surface area (Å²) in [5, 5.41) is 8.37. The second-order valence-electron chi connectivity index (χ2n) is 4.21. The van der Waals surface area contributed by atoms with Crippen molar-refractivity contribution in [3.63, 3.8) is 0 Å². The third-order valence-electron chi connectivity index (χ3n) is 2.52. The van der Waals surface area contributed by atoms with Gasteiger partial charge in [-0.2, -0.15) is 0 Å². The van der Waals surface area contributed by atoms with E-state index in [1.807, 2.05) is 0 Å². The molecule has 0 amide bonds. The Morgan fingerprint density at radius 1 is 1.47 bits per heavy atom. The Kier molecular flexibility index (Phi) is 4.10. The molecule has 0 saturated heterocycles. The van der Waals surface area contributed by atoms with Gasteiger partial charge in [0.15, 0.2) is 0 Å². The van der Waals surface area contributed by atoms with Crippen molar-refractivity contribution in [2.24, 2.45) is 5.92 Å². The van der Waals surface area contributed by atoms with Gasteiger partial charge in [0.25, 0.3) is 0 Å². The fourth-order valence-corrected chi connectivity index (χ4v) is 3.07. The van der Waals surface area contributed by atoms with Crippen molar-refractivity contribution < 1.29 is 18.3 Å². The Balaban J connectivity index is 2.23. The first-order chi connectivity index (χ1) is 6.89. The predicted octanol–water partition coefficient (Wildman–Crippen LogP) is 0.569. The molecule has 0 aromatic rings. The summed E-state index contributed by atoms with van der Waals surface area (Å²) in [4.78, 5) is 10.2. The van der Waals surface area contributed by atoms with Gasteiger partial charge in [0.2, 0.25) is 10.0 Å². The third-order valence-corrected chi connectivity index (χ3v) is 4.04. The Hall–Kier alpha value is -0.620. The molecule has 1 fully saturated rings. The van der Waals surface area contributed by atoms with Crippen LogP contribution in [0.4, 0.5) is 0 Å². The van der Waals surface area contributed by atoms with Gasteiger partial charge in [0.1, 0.15) is 0 Å². The van der Waals surface area contributed by atoms with Crippen LogP contribution in [-0.2, 0) is 14.8 Å². The van der Waals surface area contributed by atoms with Crippen LogP contribution < -0.4 is 4.72 Å². The molecule has 88 valence electrons. The number of hydrogen-bond donors (Lipinski definition) is 2. The van der Waals surface area contributed by atoms with Crippen LogP contribution in [0.25, 0.3) is 0 Å². The Bertz CT molecular complexity index is 319. The van der Waals surface area contributed by atoms with E-state index in [1.165, 1.54) is 0 Å². The first-order valence-electron chi connectivity index (χ1n) is 5.11. The van der Waals surface area contributed by atoms with Crippen LogP contribution in [0.1, 0.15) is 32.6 Å². The van der Waals surface area contributed by atoms with E-state index in [9.17, 15) is 13.2 Å². The van der Waals surface area contributed by atoms with E-state index in [4.69, 9.17) is 5.11 Å². The highest BCUT2D eigenvalue weighted by molar-refractivity contribution is 7.89. The zero-order valence-corrected chi connectivity index (χ0v) is 9.59. The number of nitrogens with one attached hydrogen (secondary N) is 1. The summed E-state index contributed by atoms with van der Waals surface area (Å²) in [6.45, 7) is 2.08. The van der Waals surface area contributed by atoms with E-state index in [0.29, 0.717) is 5.92 Å². The van der Waals surface area contributed by atoms with Crippen molar-refractivity contribution in [2.45, 2.75) is 38.6 Å². The molecule has 5 nitrogen and oxygen atoms in total. The molecule has 6 heteroatoms. The molecule has 0 aliphatic heterocycles. The van der Waals surface area contributed by atoms with Gasteiger partial charge in [0.05, 0.1) is 5.75 Å². The second-order valence-corrected chi connectivity index (χ2v) is 6.08. The maximum Gasteiger partial charge on any atom is 0.303 e. The van der Waals surface area contributed by atoms with E-state index in [1.54, 1.807) is 0 Å². The van der Waals surface area contributed by atoms with Gasteiger partial charge >= 0.3 is 5.97 Å². The van der Waals surface area contributed by atoms with Gasteiger partial charge in [0, 0.05) is 12.5 Å². The van der Waals surface area contributed by atoms with Crippen LogP contribution in [0.3, 0.4) is 0 Å². The van der Waals surface area contributed by atoms with Gasteiger partial charge in [-0.3, -0.25) is 4.79 Å². The van der Waals surface area contributed by atoms with Gasteiger partial charge in [-0.15, -0.1) is 0 Å². The first-order valence-corrected chi connectivity index (χ1v) is 6.76. The average Bonchev–Trinajstić information content (AvgIpc) is 1.99. The van der Waals surface area contributed by atoms with Crippen LogP contribution in [0.15, 0.2) is 0 Å². The lowest BCUT2D eigenvalue weighted by Gasteiger charge is -2.32. The summed E-state index contributed by atoms with van der Waals surface area (Å²) in [6, 6.07) is 0.0647. The van der Waals surface area contributed by atoms with Crippen molar-refractivity contribution in [1.29, 1.82) is 0 Å². The average molecular weight is 235 g/mol. The predicted molar refractivity (Wildman–Crippen MR) is 56.0 cm³/mol. The third kappa shape index (κ3) is 4.61. The highest BCUT2D eigenvalue weighted by Crippen LogP contribution is 2.26. The second kappa shape index (κ2) is 4.94. The van der Waals surface area contributed by atoms with E-state index < -0.39 is 16.0 Å². The molecule has 1 aliphatic carbocycles. The van der Waals surface area contributed by atoms with Gasteiger partial charge < -0.3 is 5.11 Å². The molecule has 0 atom stereocenters. The Morgan fingerprint density at radius 2 is 2.07 bits per heavy atom. The standard InChI is InChI=1S/C9H17NO4S/c1-7-5-8(6-7)10-15(13,14)4-2-3-9(11)12/h7-8,10H,2-6H2,1H3,(H,11,12). The lowest BCUT2D eigenvalue weighted by molar-refractivity contribution is -0.137. The number of aliphatic carboxylic acids is 1. The highest BCUT2D eigenvalue weighted by atomic mass is 32.2. The highest BCUT2D eigenvalue weighted by Gasteiger charge is 2.28. The van der Waals surface area contributed by atoms with Crippen molar-refractivity contribution >= 4 is 16.0 Å². The summed E-state index contributed by atoms with van der Waals surface area (Å²) in [5.74, 6) is -0.455. The largest absolute Gasteiger partial charge is 0.481 e. The van der Waals surface area contributed by atoms with Crippen molar-refractivity contribution in [3.05, 3.63) is 0 Å². The normalized spacial score (nSPS) is 25.9. The van der Waals surface area contributed by atoms with Crippen molar-refractivity contribution in [1.82, 2.24) is 4.72 Å². The van der Waals surface area contributed by atoms with Crippen LogP contribution in [0, 0.1) is 5.92 Å². The van der Waals surface area contributed by atoms with Crippen LogP contribution in [0.5, 0.6) is 0 Å². The molecular formula is C9H17NO4S. The SMILES string of the molecule is CC1CC(NS(=O)(=O)CCCC(=O)O)C1. The molecule has 2 N–H and O–H groups in total. The topological polar surface area (TPSA) is 83.5 Å². The molecule has 0 spiro atoms. The molecule has 0 bridgehead atoms. The molecule has 0 radical (unpaired) electrons. The minimum absolute atomic E-state index is 0.0647. The molecule has 0 aromatic carbocycles. The summed E-state index contributed by atoms with van der Waals surface area (Å²) < 4.78 is 25.4. The number of rotatable bonds is 6. The van der Waals surface area contributed by atoms with E-state index in [0.717, 1.165) is 12.8 Å². The van der Waals surface area contributed by atoms with E-state index in [2.05, 4.69) is 11.6 Å². The summed E-state index contributed by atoms with van der Waals surface area (Å²) in [7, 11) is -3.27. The molecule has 1 rings (SSSR count). The van der Waals surface area contributed by atoms with Crippen molar-refractivity contribution in [3.8, 4) is 0 Å². The molecule has 0 heterocycles. The lowest BCUT2D eigenvalue weighted by atomic mass is 9.83. The quantitative estimate of drug-likeness (QED) is 0.705. The number of carboxylic acid groups (broad SMARTS) is 1.